The molecule has 0 aliphatic carbocycles. The van der Waals surface area contributed by atoms with Gasteiger partial charge in [0.25, 0.3) is 0 Å². The van der Waals surface area contributed by atoms with Crippen molar-refractivity contribution in [2.45, 2.75) is 19.9 Å². The smallest absolute Gasteiger partial charge is 0.407 e. The van der Waals surface area contributed by atoms with Gasteiger partial charge in [-0.15, -0.1) is 0 Å². The number of hydrogen-bond acceptors (Lipinski definition) is 4. The van der Waals surface area contributed by atoms with Crippen LogP contribution in [0, 0.1) is 18.3 Å². The normalized spacial score (nSPS) is 19.1. The Hall–Kier alpha value is -2.29. The largest absolute Gasteiger partial charge is 0.465 e. The monoisotopic (exact) mass is 260 g/mol. The zero-order chi connectivity index (χ0) is 14.0. The maximum absolute atomic E-state index is 11.0. The predicted molar refractivity (Wildman–Crippen MR) is 70.1 cm³/mol. The molecule has 1 saturated heterocycles. The summed E-state index contributed by atoms with van der Waals surface area (Å²) in [5.74, 6) is 0.830. The molecule has 2 heterocycles. The number of anilines is 1. The lowest BCUT2D eigenvalue weighted by Crippen LogP contribution is -2.54. The van der Waals surface area contributed by atoms with E-state index in [4.69, 9.17) is 10.4 Å². The van der Waals surface area contributed by atoms with E-state index >= 15 is 0 Å². The first kappa shape index (κ1) is 13.1. The second-order valence-electron chi connectivity index (χ2n) is 4.75. The quantitative estimate of drug-likeness (QED) is 0.826. The summed E-state index contributed by atoms with van der Waals surface area (Å²) in [6.07, 6.45) is 0.674. The van der Waals surface area contributed by atoms with E-state index in [1.165, 1.54) is 4.90 Å². The van der Waals surface area contributed by atoms with Crippen molar-refractivity contribution in [2.75, 3.05) is 24.5 Å². The Morgan fingerprint density at radius 1 is 1.58 bits per heavy atom. The molecule has 6 nitrogen and oxygen atoms in total. The number of aromatic nitrogens is 1. The van der Waals surface area contributed by atoms with Gasteiger partial charge in [0.05, 0.1) is 5.56 Å². The van der Waals surface area contributed by atoms with Gasteiger partial charge in [0.2, 0.25) is 0 Å². The molecule has 1 aliphatic heterocycles. The van der Waals surface area contributed by atoms with Crippen LogP contribution < -0.4 is 4.90 Å². The van der Waals surface area contributed by atoms with Gasteiger partial charge < -0.3 is 14.9 Å². The maximum Gasteiger partial charge on any atom is 0.407 e. The Balaban J connectivity index is 2.17. The molecule has 19 heavy (non-hydrogen) atoms. The van der Waals surface area contributed by atoms with Gasteiger partial charge in [-0.25, -0.2) is 9.78 Å². The molecule has 0 saturated carbocycles. The summed E-state index contributed by atoms with van der Waals surface area (Å²) in [7, 11) is 0. The number of aryl methyl sites for hydroxylation is 1. The van der Waals surface area contributed by atoms with Crippen molar-refractivity contribution >= 4 is 11.9 Å². The number of hydrogen-bond donors (Lipinski definition) is 1. The zero-order valence-corrected chi connectivity index (χ0v) is 11.0. The Labute approximate surface area is 111 Å². The molecule has 100 valence electrons. The van der Waals surface area contributed by atoms with E-state index in [0.717, 1.165) is 11.4 Å². The van der Waals surface area contributed by atoms with Crippen LogP contribution >= 0.6 is 0 Å². The van der Waals surface area contributed by atoms with E-state index < -0.39 is 6.09 Å². The minimum absolute atomic E-state index is 0.0666. The first-order chi connectivity index (χ1) is 9.02. The summed E-state index contributed by atoms with van der Waals surface area (Å²) in [5, 5.41) is 17.9. The minimum Gasteiger partial charge on any atom is -0.465 e. The molecule has 1 aromatic heterocycles. The maximum atomic E-state index is 11.0. The van der Waals surface area contributed by atoms with Crippen LogP contribution in [0.3, 0.4) is 0 Å². The van der Waals surface area contributed by atoms with Crippen LogP contribution in [-0.2, 0) is 0 Å². The Kier molecular flexibility index (Phi) is 3.56. The number of nitrogens with zero attached hydrogens (tertiary/aromatic N) is 4. The van der Waals surface area contributed by atoms with E-state index in [2.05, 4.69) is 16.0 Å². The molecule has 6 heteroatoms. The fourth-order valence-electron chi connectivity index (χ4n) is 2.39. The highest BCUT2D eigenvalue weighted by molar-refractivity contribution is 5.66. The van der Waals surface area contributed by atoms with Crippen molar-refractivity contribution in [3.63, 3.8) is 0 Å². The summed E-state index contributed by atoms with van der Waals surface area (Å²) in [6, 6.07) is 3.80. The second kappa shape index (κ2) is 5.14. The van der Waals surface area contributed by atoms with Crippen LogP contribution in [0.5, 0.6) is 0 Å². The third-order valence-electron chi connectivity index (χ3n) is 3.35. The average Bonchev–Trinajstić information content (AvgIpc) is 2.37. The summed E-state index contributed by atoms with van der Waals surface area (Å²) < 4.78 is 0. The minimum atomic E-state index is -0.878. The van der Waals surface area contributed by atoms with Crippen LogP contribution in [0.15, 0.2) is 12.3 Å². The SMILES string of the molecule is Cc1cc(C#N)cnc1N1CCN(C(=O)O)[C@H](C)C1. The van der Waals surface area contributed by atoms with Gasteiger partial charge in [0.15, 0.2) is 0 Å². The topological polar surface area (TPSA) is 80.5 Å². The fraction of sp³-hybridized carbons (Fsp3) is 0.462. The molecule has 1 fully saturated rings. The van der Waals surface area contributed by atoms with E-state index in [1.807, 2.05) is 13.8 Å². The van der Waals surface area contributed by atoms with Crippen LogP contribution in [0.2, 0.25) is 0 Å². The molecule has 1 aliphatic rings. The van der Waals surface area contributed by atoms with Crippen molar-refractivity contribution in [1.29, 1.82) is 5.26 Å². The number of carboxylic acid groups (broad SMARTS) is 1. The van der Waals surface area contributed by atoms with Crippen molar-refractivity contribution < 1.29 is 9.90 Å². The van der Waals surface area contributed by atoms with E-state index in [1.54, 1.807) is 12.3 Å². The molecule has 1 amide bonds. The lowest BCUT2D eigenvalue weighted by Gasteiger charge is -2.39. The Morgan fingerprint density at radius 3 is 2.84 bits per heavy atom. The number of pyridine rings is 1. The van der Waals surface area contributed by atoms with Gasteiger partial charge in [-0.3, -0.25) is 0 Å². The highest BCUT2D eigenvalue weighted by atomic mass is 16.4. The number of piperazine rings is 1. The van der Waals surface area contributed by atoms with Crippen molar-refractivity contribution in [3.05, 3.63) is 23.4 Å². The molecular formula is C13H16N4O2. The third-order valence-corrected chi connectivity index (χ3v) is 3.35. The Morgan fingerprint density at radius 2 is 2.32 bits per heavy atom. The lowest BCUT2D eigenvalue weighted by molar-refractivity contribution is 0.122. The zero-order valence-electron chi connectivity index (χ0n) is 11.0. The molecule has 0 unspecified atom stereocenters. The van der Waals surface area contributed by atoms with E-state index in [9.17, 15) is 4.79 Å². The second-order valence-corrected chi connectivity index (χ2v) is 4.75. The van der Waals surface area contributed by atoms with Crippen LogP contribution in [0.1, 0.15) is 18.1 Å². The van der Waals surface area contributed by atoms with Crippen molar-refractivity contribution in [2.24, 2.45) is 0 Å². The summed E-state index contributed by atoms with van der Waals surface area (Å²) in [5.41, 5.74) is 1.48. The van der Waals surface area contributed by atoms with Gasteiger partial charge in [-0.1, -0.05) is 0 Å². The molecule has 0 aromatic carbocycles. The molecule has 0 spiro atoms. The van der Waals surface area contributed by atoms with Gasteiger partial charge in [-0.2, -0.15) is 5.26 Å². The molecule has 0 radical (unpaired) electrons. The van der Waals surface area contributed by atoms with Crippen LogP contribution in [-0.4, -0.2) is 46.8 Å². The number of carbonyl (C=O) groups is 1. The first-order valence-electron chi connectivity index (χ1n) is 6.14. The number of rotatable bonds is 1. The van der Waals surface area contributed by atoms with Gasteiger partial charge >= 0.3 is 6.09 Å². The molecule has 1 atom stereocenters. The van der Waals surface area contributed by atoms with Gasteiger partial charge in [-0.05, 0) is 25.5 Å². The summed E-state index contributed by atoms with van der Waals surface area (Å²) >= 11 is 0. The van der Waals surface area contributed by atoms with Crippen LogP contribution in [0.25, 0.3) is 0 Å². The van der Waals surface area contributed by atoms with E-state index in [0.29, 0.717) is 25.2 Å². The third kappa shape index (κ3) is 2.60. The Bertz CT molecular complexity index is 538. The number of amides is 1. The molecule has 1 N–H and O–H groups in total. The predicted octanol–water partition coefficient (Wildman–Crippen LogP) is 1.45. The highest BCUT2D eigenvalue weighted by Crippen LogP contribution is 2.21. The molecule has 0 bridgehead atoms. The standard InChI is InChI=1S/C13H16N4O2/c1-9-5-11(6-14)7-15-12(9)16-3-4-17(13(18)19)10(2)8-16/h5,7,10H,3-4,8H2,1-2H3,(H,18,19)/t10-/m1/s1. The summed E-state index contributed by atoms with van der Waals surface area (Å²) in [6.45, 7) is 5.51. The summed E-state index contributed by atoms with van der Waals surface area (Å²) in [4.78, 5) is 18.8. The fourth-order valence-corrected chi connectivity index (χ4v) is 2.39. The lowest BCUT2D eigenvalue weighted by atomic mass is 10.1. The van der Waals surface area contributed by atoms with E-state index in [-0.39, 0.29) is 6.04 Å². The van der Waals surface area contributed by atoms with Crippen molar-refractivity contribution in [1.82, 2.24) is 9.88 Å². The number of nitriles is 1. The van der Waals surface area contributed by atoms with Gasteiger partial charge in [0.1, 0.15) is 11.9 Å². The molecule has 2 rings (SSSR count). The van der Waals surface area contributed by atoms with Crippen LogP contribution in [0.4, 0.5) is 10.6 Å². The highest BCUT2D eigenvalue weighted by Gasteiger charge is 2.28. The first-order valence-corrected chi connectivity index (χ1v) is 6.14. The van der Waals surface area contributed by atoms with Gasteiger partial charge in [0, 0.05) is 31.9 Å². The average molecular weight is 260 g/mol. The molecular weight excluding hydrogens is 244 g/mol. The molecule has 1 aromatic rings. The van der Waals surface area contributed by atoms with Crippen molar-refractivity contribution in [3.8, 4) is 6.07 Å².